The summed E-state index contributed by atoms with van der Waals surface area (Å²) >= 11 is 0. The third-order valence-electron chi connectivity index (χ3n) is 2.85. The van der Waals surface area contributed by atoms with Crippen molar-refractivity contribution in [1.29, 1.82) is 0 Å². The molecule has 0 bridgehead atoms. The largest absolute Gasteiger partial charge is 0.382 e. The Kier molecular flexibility index (Phi) is 3.07. The number of benzene rings is 1. The third-order valence-corrected chi connectivity index (χ3v) is 4.05. The average Bonchev–Trinajstić information content (AvgIpc) is 2.30. The SMILES string of the molecule is C[SiH2]C1=CC=CC(c2ccccc2C)N1. The van der Waals surface area contributed by atoms with Crippen LogP contribution in [0.25, 0.3) is 0 Å². The van der Waals surface area contributed by atoms with E-state index in [1.807, 2.05) is 0 Å². The average molecular weight is 215 g/mol. The minimum atomic E-state index is -0.0820. The lowest BCUT2D eigenvalue weighted by atomic mass is 10.00. The normalized spacial score (nSPS) is 20.4. The fourth-order valence-electron chi connectivity index (χ4n) is 1.92. The van der Waals surface area contributed by atoms with E-state index in [4.69, 9.17) is 0 Å². The van der Waals surface area contributed by atoms with Crippen LogP contribution in [-0.2, 0) is 0 Å². The summed E-state index contributed by atoms with van der Waals surface area (Å²) < 4.78 is 0. The highest BCUT2D eigenvalue weighted by molar-refractivity contribution is 6.43. The van der Waals surface area contributed by atoms with Crippen LogP contribution in [0.15, 0.2) is 47.8 Å². The monoisotopic (exact) mass is 215 g/mol. The summed E-state index contributed by atoms with van der Waals surface area (Å²) in [6.45, 7) is 4.49. The molecule has 1 heterocycles. The molecule has 1 unspecified atom stereocenters. The van der Waals surface area contributed by atoms with Crippen molar-refractivity contribution in [3.8, 4) is 0 Å². The second kappa shape index (κ2) is 4.49. The van der Waals surface area contributed by atoms with E-state index in [1.165, 1.54) is 16.4 Å². The summed E-state index contributed by atoms with van der Waals surface area (Å²) in [7, 11) is -0.0820. The van der Waals surface area contributed by atoms with Crippen LogP contribution < -0.4 is 5.32 Å². The van der Waals surface area contributed by atoms with Gasteiger partial charge in [0.1, 0.15) is 0 Å². The van der Waals surface area contributed by atoms with Crippen LogP contribution in [0.3, 0.4) is 0 Å². The van der Waals surface area contributed by atoms with Gasteiger partial charge in [-0.15, -0.1) is 0 Å². The second-order valence-corrected chi connectivity index (χ2v) is 5.38. The second-order valence-electron chi connectivity index (χ2n) is 3.91. The van der Waals surface area contributed by atoms with Gasteiger partial charge in [0.25, 0.3) is 0 Å². The van der Waals surface area contributed by atoms with Crippen molar-refractivity contribution in [2.45, 2.75) is 19.5 Å². The first-order valence-electron chi connectivity index (χ1n) is 5.50. The van der Waals surface area contributed by atoms with E-state index in [0.29, 0.717) is 6.04 Å². The Morgan fingerprint density at radius 1 is 1.27 bits per heavy atom. The van der Waals surface area contributed by atoms with Crippen LogP contribution in [0.5, 0.6) is 0 Å². The van der Waals surface area contributed by atoms with Crippen molar-refractivity contribution in [1.82, 2.24) is 5.32 Å². The lowest BCUT2D eigenvalue weighted by molar-refractivity contribution is 0.727. The molecule has 78 valence electrons. The van der Waals surface area contributed by atoms with Gasteiger partial charge in [-0.1, -0.05) is 43.0 Å². The molecule has 0 radical (unpaired) electrons. The number of hydrogen-bond donors (Lipinski definition) is 1. The lowest BCUT2D eigenvalue weighted by Gasteiger charge is -2.22. The Balaban J connectivity index is 2.24. The highest BCUT2D eigenvalue weighted by Crippen LogP contribution is 2.21. The zero-order valence-corrected chi connectivity index (χ0v) is 10.7. The van der Waals surface area contributed by atoms with E-state index < -0.39 is 0 Å². The van der Waals surface area contributed by atoms with E-state index in [9.17, 15) is 0 Å². The summed E-state index contributed by atoms with van der Waals surface area (Å²) in [4.78, 5) is 0. The van der Waals surface area contributed by atoms with Gasteiger partial charge in [0.15, 0.2) is 0 Å². The predicted octanol–water partition coefficient (Wildman–Crippen LogP) is 2.25. The van der Waals surface area contributed by atoms with Crippen molar-refractivity contribution in [2.24, 2.45) is 0 Å². The molecule has 1 nitrogen and oxygen atoms in total. The molecule has 0 aromatic heterocycles. The summed E-state index contributed by atoms with van der Waals surface area (Å²) in [5.74, 6) is 0. The number of aryl methyl sites for hydroxylation is 1. The summed E-state index contributed by atoms with van der Waals surface area (Å²) in [6, 6.07) is 8.96. The van der Waals surface area contributed by atoms with Gasteiger partial charge in [0.05, 0.1) is 15.6 Å². The van der Waals surface area contributed by atoms with Crippen LogP contribution in [0.2, 0.25) is 6.55 Å². The highest BCUT2D eigenvalue weighted by atomic mass is 28.2. The fourth-order valence-corrected chi connectivity index (χ4v) is 2.71. The number of dihydropyridines is 1. The van der Waals surface area contributed by atoms with Crippen molar-refractivity contribution in [2.75, 3.05) is 0 Å². The van der Waals surface area contributed by atoms with E-state index in [-0.39, 0.29) is 9.52 Å². The molecule has 1 aliphatic heterocycles. The van der Waals surface area contributed by atoms with E-state index in [2.05, 4.69) is 61.3 Å². The molecule has 2 heteroatoms. The van der Waals surface area contributed by atoms with Gasteiger partial charge in [-0.2, -0.15) is 0 Å². The highest BCUT2D eigenvalue weighted by Gasteiger charge is 2.12. The smallest absolute Gasteiger partial charge is 0.0719 e. The van der Waals surface area contributed by atoms with E-state index in [0.717, 1.165) is 0 Å². The molecular formula is C13H17NSi. The molecule has 0 amide bonds. The number of hydrogen-bond acceptors (Lipinski definition) is 1. The molecule has 0 spiro atoms. The molecule has 0 saturated heterocycles. The zero-order chi connectivity index (χ0) is 10.7. The van der Waals surface area contributed by atoms with Gasteiger partial charge < -0.3 is 5.32 Å². The van der Waals surface area contributed by atoms with Gasteiger partial charge >= 0.3 is 0 Å². The van der Waals surface area contributed by atoms with Gasteiger partial charge in [-0.25, -0.2) is 0 Å². The van der Waals surface area contributed by atoms with Crippen molar-refractivity contribution in [3.05, 3.63) is 58.9 Å². The van der Waals surface area contributed by atoms with Crippen molar-refractivity contribution >= 4 is 9.52 Å². The van der Waals surface area contributed by atoms with Crippen LogP contribution in [0, 0.1) is 6.92 Å². The Hall–Kier alpha value is -1.28. The quantitative estimate of drug-likeness (QED) is 0.746. The standard InChI is InChI=1S/C13H17NSi/c1-10-6-3-4-7-11(10)12-8-5-9-13(14-12)15-2/h3-9,12,14H,15H2,1-2H3. The first kappa shape index (κ1) is 10.2. The molecule has 1 aromatic carbocycles. The minimum absolute atomic E-state index is 0.0820. The predicted molar refractivity (Wildman–Crippen MR) is 68.7 cm³/mol. The molecule has 1 aliphatic rings. The van der Waals surface area contributed by atoms with E-state index in [1.54, 1.807) is 0 Å². The molecule has 15 heavy (non-hydrogen) atoms. The molecule has 0 fully saturated rings. The van der Waals surface area contributed by atoms with Gasteiger partial charge in [0.2, 0.25) is 0 Å². The fraction of sp³-hybridized carbons (Fsp3) is 0.231. The maximum atomic E-state index is 3.60. The third kappa shape index (κ3) is 2.21. The maximum Gasteiger partial charge on any atom is 0.0719 e. The van der Waals surface area contributed by atoms with E-state index >= 15 is 0 Å². The first-order valence-corrected chi connectivity index (χ1v) is 7.63. The summed E-state index contributed by atoms with van der Waals surface area (Å²) in [5, 5.41) is 5.05. The first-order chi connectivity index (χ1) is 7.31. The van der Waals surface area contributed by atoms with Gasteiger partial charge in [-0.3, -0.25) is 0 Å². The molecule has 1 aromatic rings. The van der Waals surface area contributed by atoms with Crippen LogP contribution in [0.1, 0.15) is 17.2 Å². The van der Waals surface area contributed by atoms with Crippen molar-refractivity contribution in [3.63, 3.8) is 0 Å². The molecule has 1 N–H and O–H groups in total. The Morgan fingerprint density at radius 3 is 2.80 bits per heavy atom. The lowest BCUT2D eigenvalue weighted by Crippen LogP contribution is -2.24. The van der Waals surface area contributed by atoms with Gasteiger partial charge in [0, 0.05) is 0 Å². The molecular weight excluding hydrogens is 198 g/mol. The van der Waals surface area contributed by atoms with Crippen LogP contribution >= 0.6 is 0 Å². The number of rotatable bonds is 2. The summed E-state index contributed by atoms with van der Waals surface area (Å²) in [6.07, 6.45) is 6.62. The molecule has 2 rings (SSSR count). The minimum Gasteiger partial charge on any atom is -0.382 e. The number of nitrogens with one attached hydrogen (secondary N) is 1. The molecule has 1 atom stereocenters. The molecule has 0 aliphatic carbocycles. The Labute approximate surface area is 93.7 Å². The van der Waals surface area contributed by atoms with Crippen LogP contribution in [0.4, 0.5) is 0 Å². The molecule has 0 saturated carbocycles. The Bertz CT molecular complexity index is 407. The zero-order valence-electron chi connectivity index (χ0n) is 9.33. The topological polar surface area (TPSA) is 12.0 Å². The van der Waals surface area contributed by atoms with Crippen LogP contribution in [-0.4, -0.2) is 9.52 Å². The van der Waals surface area contributed by atoms with Crippen molar-refractivity contribution < 1.29 is 0 Å². The Morgan fingerprint density at radius 2 is 2.07 bits per heavy atom. The number of allylic oxidation sites excluding steroid dienone is 2. The maximum absolute atomic E-state index is 3.60. The summed E-state index contributed by atoms with van der Waals surface area (Å²) in [5.41, 5.74) is 2.75. The van der Waals surface area contributed by atoms with Gasteiger partial charge in [-0.05, 0) is 29.4 Å².